The molecule has 0 aliphatic rings. The topological polar surface area (TPSA) is 78.0 Å². The zero-order valence-corrected chi connectivity index (χ0v) is 15.3. The number of fused-ring (bicyclic) bond motifs is 3. The molecule has 8 heteroatoms. The first kappa shape index (κ1) is 16.6. The molecule has 0 radical (unpaired) electrons. The Morgan fingerprint density at radius 2 is 1.71 bits per heavy atom. The molecule has 0 atom stereocenters. The van der Waals surface area contributed by atoms with Crippen molar-refractivity contribution in [2.45, 2.75) is 6.54 Å². The van der Waals surface area contributed by atoms with Gasteiger partial charge in [-0.25, -0.2) is 4.98 Å². The van der Waals surface area contributed by atoms with Crippen LogP contribution in [0, 0.1) is 0 Å². The molecule has 5 aromatic rings. The van der Waals surface area contributed by atoms with Crippen LogP contribution in [0.2, 0.25) is 5.02 Å². The lowest BCUT2D eigenvalue weighted by Gasteiger charge is -2.08. The summed E-state index contributed by atoms with van der Waals surface area (Å²) in [7, 11) is 0. The molecule has 0 aliphatic carbocycles. The van der Waals surface area contributed by atoms with Crippen molar-refractivity contribution in [3.05, 3.63) is 88.1 Å². The van der Waals surface area contributed by atoms with Crippen molar-refractivity contribution < 1.29 is 0 Å². The van der Waals surface area contributed by atoms with E-state index in [1.807, 2.05) is 48.5 Å². The summed E-state index contributed by atoms with van der Waals surface area (Å²) in [5.74, 6) is 0. The Morgan fingerprint density at radius 3 is 2.54 bits per heavy atom. The zero-order valence-electron chi connectivity index (χ0n) is 14.5. The SMILES string of the molecule is O=c1c2nnc3c(-c4ccccc4)cnn3c2ncn1Cc1ccccc1Cl. The summed E-state index contributed by atoms with van der Waals surface area (Å²) >= 11 is 6.21. The summed E-state index contributed by atoms with van der Waals surface area (Å²) in [6, 6.07) is 17.1. The molecule has 7 nitrogen and oxygen atoms in total. The van der Waals surface area contributed by atoms with Crippen molar-refractivity contribution >= 4 is 28.4 Å². The molecule has 0 saturated heterocycles. The summed E-state index contributed by atoms with van der Waals surface area (Å²) in [6.45, 7) is 0.301. The molecule has 0 bridgehead atoms. The number of hydrogen-bond acceptors (Lipinski definition) is 5. The van der Waals surface area contributed by atoms with Gasteiger partial charge in [-0.1, -0.05) is 60.1 Å². The highest BCUT2D eigenvalue weighted by atomic mass is 35.5. The first-order chi connectivity index (χ1) is 13.7. The van der Waals surface area contributed by atoms with Crippen molar-refractivity contribution in [3.63, 3.8) is 0 Å². The number of hydrogen-bond donors (Lipinski definition) is 0. The van der Waals surface area contributed by atoms with Crippen LogP contribution in [0.15, 0.2) is 71.9 Å². The fraction of sp³-hybridized carbons (Fsp3) is 0.0500. The first-order valence-corrected chi connectivity index (χ1v) is 8.98. The highest BCUT2D eigenvalue weighted by Gasteiger charge is 2.15. The lowest BCUT2D eigenvalue weighted by molar-refractivity contribution is 0.737. The molecule has 5 rings (SSSR count). The van der Waals surface area contributed by atoms with Gasteiger partial charge in [-0.3, -0.25) is 9.36 Å². The van der Waals surface area contributed by atoms with Crippen LogP contribution < -0.4 is 5.56 Å². The van der Waals surface area contributed by atoms with E-state index in [0.29, 0.717) is 22.9 Å². The molecular formula is C20H13ClN6O. The van der Waals surface area contributed by atoms with Gasteiger partial charge in [0.05, 0.1) is 12.7 Å². The van der Waals surface area contributed by atoms with Gasteiger partial charge in [0.15, 0.2) is 16.8 Å². The fourth-order valence-corrected chi connectivity index (χ4v) is 3.34. The van der Waals surface area contributed by atoms with Gasteiger partial charge in [-0.15, -0.1) is 10.2 Å². The maximum atomic E-state index is 12.9. The van der Waals surface area contributed by atoms with Crippen LogP contribution in [0.1, 0.15) is 5.56 Å². The third-order valence-corrected chi connectivity index (χ3v) is 4.94. The summed E-state index contributed by atoms with van der Waals surface area (Å²) in [4.78, 5) is 17.3. The lowest BCUT2D eigenvalue weighted by Crippen LogP contribution is -2.23. The Bertz CT molecular complexity index is 1380. The number of nitrogens with zero attached hydrogens (tertiary/aromatic N) is 6. The lowest BCUT2D eigenvalue weighted by atomic mass is 10.1. The number of rotatable bonds is 3. The standard InChI is InChI=1S/C20H13ClN6O/c21-16-9-5-4-8-14(16)11-26-12-22-19-17(20(26)28)24-25-18-15(10-23-27(18)19)13-6-2-1-3-7-13/h1-10,12H,11H2. The Balaban J connectivity index is 1.65. The molecular weight excluding hydrogens is 376 g/mol. The highest BCUT2D eigenvalue weighted by Crippen LogP contribution is 2.23. The Labute approximate surface area is 163 Å². The van der Waals surface area contributed by atoms with E-state index in [1.54, 1.807) is 16.8 Å². The zero-order chi connectivity index (χ0) is 19.1. The monoisotopic (exact) mass is 388 g/mol. The van der Waals surface area contributed by atoms with E-state index in [2.05, 4.69) is 20.3 Å². The van der Waals surface area contributed by atoms with Gasteiger partial charge in [0.1, 0.15) is 6.33 Å². The predicted molar refractivity (Wildman–Crippen MR) is 106 cm³/mol. The molecule has 136 valence electrons. The normalized spacial score (nSPS) is 11.3. The van der Waals surface area contributed by atoms with Gasteiger partial charge in [0.2, 0.25) is 0 Å². The number of benzene rings is 2. The second-order valence-electron chi connectivity index (χ2n) is 6.30. The second kappa shape index (κ2) is 6.54. The van der Waals surface area contributed by atoms with Gasteiger partial charge < -0.3 is 0 Å². The number of aromatic nitrogens is 6. The van der Waals surface area contributed by atoms with Crippen molar-refractivity contribution in [1.82, 2.24) is 29.4 Å². The summed E-state index contributed by atoms with van der Waals surface area (Å²) in [6.07, 6.45) is 3.19. The quantitative estimate of drug-likeness (QED) is 0.474. The van der Waals surface area contributed by atoms with Crippen LogP contribution in [-0.2, 0) is 6.54 Å². The van der Waals surface area contributed by atoms with Crippen LogP contribution in [0.5, 0.6) is 0 Å². The molecule has 3 aromatic heterocycles. The van der Waals surface area contributed by atoms with E-state index in [-0.39, 0.29) is 11.1 Å². The summed E-state index contributed by atoms with van der Waals surface area (Å²) < 4.78 is 3.01. The minimum absolute atomic E-state index is 0.157. The first-order valence-electron chi connectivity index (χ1n) is 8.61. The van der Waals surface area contributed by atoms with Gasteiger partial charge >= 0.3 is 0 Å². The van der Waals surface area contributed by atoms with E-state index in [9.17, 15) is 4.79 Å². The minimum Gasteiger partial charge on any atom is -0.293 e. The Morgan fingerprint density at radius 1 is 0.929 bits per heavy atom. The molecule has 0 saturated carbocycles. The number of halogens is 1. The van der Waals surface area contributed by atoms with Gasteiger partial charge in [-0.05, 0) is 17.2 Å². The molecule has 0 spiro atoms. The molecule has 0 unspecified atom stereocenters. The van der Waals surface area contributed by atoms with E-state index >= 15 is 0 Å². The van der Waals surface area contributed by atoms with Gasteiger partial charge in [0, 0.05) is 10.6 Å². The third kappa shape index (κ3) is 2.64. The second-order valence-corrected chi connectivity index (χ2v) is 6.71. The molecule has 2 aromatic carbocycles. The molecule has 3 heterocycles. The van der Waals surface area contributed by atoms with Gasteiger partial charge in [0.25, 0.3) is 5.56 Å². The highest BCUT2D eigenvalue weighted by molar-refractivity contribution is 6.31. The van der Waals surface area contributed by atoms with E-state index < -0.39 is 0 Å². The largest absolute Gasteiger partial charge is 0.293 e. The molecule has 0 aliphatic heterocycles. The van der Waals surface area contributed by atoms with Crippen LogP contribution >= 0.6 is 11.6 Å². The smallest absolute Gasteiger partial charge is 0.283 e. The van der Waals surface area contributed by atoms with Gasteiger partial charge in [-0.2, -0.15) is 9.61 Å². The average molecular weight is 389 g/mol. The van der Waals surface area contributed by atoms with Crippen molar-refractivity contribution in [1.29, 1.82) is 0 Å². The molecule has 28 heavy (non-hydrogen) atoms. The van der Waals surface area contributed by atoms with Crippen molar-refractivity contribution in [2.24, 2.45) is 0 Å². The minimum atomic E-state index is -0.295. The third-order valence-electron chi connectivity index (χ3n) is 4.57. The Kier molecular flexibility index (Phi) is 3.87. The van der Waals surface area contributed by atoms with Crippen LogP contribution in [0.25, 0.3) is 27.9 Å². The fourth-order valence-electron chi connectivity index (χ4n) is 3.15. The molecule has 0 N–H and O–H groups in total. The van der Waals surface area contributed by atoms with Crippen LogP contribution in [-0.4, -0.2) is 29.4 Å². The van der Waals surface area contributed by atoms with Crippen LogP contribution in [0.4, 0.5) is 0 Å². The average Bonchev–Trinajstić information content (AvgIpc) is 3.17. The van der Waals surface area contributed by atoms with E-state index in [4.69, 9.17) is 11.6 Å². The summed E-state index contributed by atoms with van der Waals surface area (Å²) in [5.41, 5.74) is 3.41. The van der Waals surface area contributed by atoms with Crippen molar-refractivity contribution in [3.8, 4) is 11.1 Å². The summed E-state index contributed by atoms with van der Waals surface area (Å²) in [5, 5.41) is 13.4. The van der Waals surface area contributed by atoms with E-state index in [1.165, 1.54) is 10.9 Å². The van der Waals surface area contributed by atoms with Crippen LogP contribution in [0.3, 0.4) is 0 Å². The maximum Gasteiger partial charge on any atom is 0.283 e. The van der Waals surface area contributed by atoms with E-state index in [0.717, 1.165) is 16.7 Å². The molecule has 0 amide bonds. The predicted octanol–water partition coefficient (Wildman–Crippen LogP) is 3.20. The maximum absolute atomic E-state index is 12.9. The molecule has 0 fully saturated rings. The Hall–Kier alpha value is -3.58. The van der Waals surface area contributed by atoms with Crippen molar-refractivity contribution in [2.75, 3.05) is 0 Å².